The lowest BCUT2D eigenvalue weighted by atomic mass is 10.1. The molecule has 0 N–H and O–H groups in total. The van der Waals surface area contributed by atoms with Crippen LogP contribution in [0.2, 0.25) is 0 Å². The fraction of sp³-hybridized carbons (Fsp3) is 0.286. The van der Waals surface area contributed by atoms with Gasteiger partial charge < -0.3 is 14.2 Å². The van der Waals surface area contributed by atoms with Gasteiger partial charge in [-0.3, -0.25) is 4.79 Å². The van der Waals surface area contributed by atoms with Gasteiger partial charge in [0.05, 0.1) is 6.61 Å². The van der Waals surface area contributed by atoms with Gasteiger partial charge in [-0.05, 0) is 43.2 Å². The Morgan fingerprint density at radius 2 is 2.07 bits per heavy atom. The van der Waals surface area contributed by atoms with Crippen LogP contribution >= 0.6 is 0 Å². The molecule has 1 fully saturated rings. The summed E-state index contributed by atoms with van der Waals surface area (Å²) in [6, 6.07) is 13.3. The summed E-state index contributed by atoms with van der Waals surface area (Å²) in [4.78, 5) is 18.6. The van der Waals surface area contributed by atoms with Crippen molar-refractivity contribution in [2.45, 2.75) is 32.4 Å². The molecule has 1 saturated heterocycles. The van der Waals surface area contributed by atoms with Gasteiger partial charge in [-0.25, -0.2) is 4.39 Å². The van der Waals surface area contributed by atoms with E-state index in [-0.39, 0.29) is 17.8 Å². The lowest BCUT2D eigenvalue weighted by Gasteiger charge is -2.22. The molecular formula is C21H20FN3O3. The van der Waals surface area contributed by atoms with E-state index < -0.39 is 0 Å². The maximum Gasteiger partial charge on any atom is 0.249 e. The van der Waals surface area contributed by atoms with E-state index in [1.807, 2.05) is 31.2 Å². The minimum Gasteiger partial charge on any atom is -0.494 e. The van der Waals surface area contributed by atoms with E-state index >= 15 is 0 Å². The monoisotopic (exact) mass is 381 g/mol. The number of aromatic nitrogens is 2. The van der Waals surface area contributed by atoms with Gasteiger partial charge in [-0.1, -0.05) is 29.4 Å². The Morgan fingerprint density at radius 3 is 2.86 bits per heavy atom. The Morgan fingerprint density at radius 1 is 1.25 bits per heavy atom. The summed E-state index contributed by atoms with van der Waals surface area (Å²) < 4.78 is 24.1. The Labute approximate surface area is 161 Å². The molecule has 7 heteroatoms. The average Bonchev–Trinajstić information content (AvgIpc) is 3.32. The molecule has 1 aliphatic heterocycles. The molecule has 0 aliphatic carbocycles. The zero-order chi connectivity index (χ0) is 19.5. The average molecular weight is 381 g/mol. The van der Waals surface area contributed by atoms with Crippen molar-refractivity contribution in [3.8, 4) is 17.1 Å². The van der Waals surface area contributed by atoms with Gasteiger partial charge >= 0.3 is 0 Å². The highest BCUT2D eigenvalue weighted by Crippen LogP contribution is 2.34. The van der Waals surface area contributed by atoms with Gasteiger partial charge in [0.25, 0.3) is 0 Å². The highest BCUT2D eigenvalue weighted by Gasteiger charge is 2.36. The summed E-state index contributed by atoms with van der Waals surface area (Å²) >= 11 is 0. The summed E-state index contributed by atoms with van der Waals surface area (Å²) in [5, 5.41) is 4.08. The van der Waals surface area contributed by atoms with Gasteiger partial charge in [0.1, 0.15) is 17.6 Å². The van der Waals surface area contributed by atoms with Crippen molar-refractivity contribution < 1.29 is 18.4 Å². The second kappa shape index (κ2) is 7.80. The van der Waals surface area contributed by atoms with Crippen molar-refractivity contribution in [2.24, 2.45) is 0 Å². The molecular weight excluding hydrogens is 361 g/mol. The Hall–Kier alpha value is -3.22. The van der Waals surface area contributed by atoms with Crippen molar-refractivity contribution >= 4 is 5.91 Å². The van der Waals surface area contributed by atoms with Gasteiger partial charge in [0.15, 0.2) is 0 Å². The van der Waals surface area contributed by atoms with E-state index in [4.69, 9.17) is 9.26 Å². The lowest BCUT2D eigenvalue weighted by Crippen LogP contribution is -2.27. The third-order valence-corrected chi connectivity index (χ3v) is 4.72. The molecule has 1 atom stereocenters. The third-order valence-electron chi connectivity index (χ3n) is 4.72. The van der Waals surface area contributed by atoms with Crippen LogP contribution in [0.1, 0.15) is 37.3 Å². The van der Waals surface area contributed by atoms with Gasteiger partial charge in [0.2, 0.25) is 17.6 Å². The number of likely N-dealkylation sites (tertiary alicyclic amines) is 1. The minimum atomic E-state index is -0.302. The van der Waals surface area contributed by atoms with E-state index in [1.165, 1.54) is 12.1 Å². The van der Waals surface area contributed by atoms with E-state index in [2.05, 4.69) is 10.1 Å². The standard InChI is InChI=1S/C21H20FN3O3/c1-2-27-17-5-3-4-15(12-17)20-23-21(28-24-20)18-10-11-19(26)25(18)13-14-6-8-16(22)9-7-14/h3-9,12,18H,2,10-11,13H2,1H3. The summed E-state index contributed by atoms with van der Waals surface area (Å²) in [6.07, 6.45) is 1.03. The number of carbonyl (C=O) groups excluding carboxylic acids is 1. The Balaban J connectivity index is 1.55. The minimum absolute atomic E-state index is 0.0208. The van der Waals surface area contributed by atoms with E-state index in [1.54, 1.807) is 17.0 Å². The van der Waals surface area contributed by atoms with Crippen molar-refractivity contribution in [1.82, 2.24) is 15.0 Å². The number of hydrogen-bond donors (Lipinski definition) is 0. The number of amides is 1. The van der Waals surface area contributed by atoms with Crippen LogP contribution in [0, 0.1) is 5.82 Å². The molecule has 1 aromatic heterocycles. The van der Waals surface area contributed by atoms with E-state index in [0.717, 1.165) is 16.9 Å². The molecule has 1 aliphatic rings. The largest absolute Gasteiger partial charge is 0.494 e. The smallest absolute Gasteiger partial charge is 0.249 e. The zero-order valence-electron chi connectivity index (χ0n) is 15.5. The predicted octanol–water partition coefficient (Wildman–Crippen LogP) is 4.14. The van der Waals surface area contributed by atoms with Crippen LogP contribution in [0.15, 0.2) is 53.1 Å². The van der Waals surface area contributed by atoms with Crippen LogP contribution < -0.4 is 4.74 Å². The molecule has 6 nitrogen and oxygen atoms in total. The quantitative estimate of drug-likeness (QED) is 0.642. The molecule has 3 aromatic rings. The molecule has 144 valence electrons. The normalized spacial score (nSPS) is 16.6. The predicted molar refractivity (Wildman–Crippen MR) is 99.8 cm³/mol. The van der Waals surface area contributed by atoms with Crippen LogP contribution in [0.4, 0.5) is 4.39 Å². The summed E-state index contributed by atoms with van der Waals surface area (Å²) in [5.41, 5.74) is 1.64. The molecule has 0 bridgehead atoms. The van der Waals surface area contributed by atoms with Crippen molar-refractivity contribution in [1.29, 1.82) is 0 Å². The Bertz CT molecular complexity index is 971. The summed E-state index contributed by atoms with van der Waals surface area (Å²) in [7, 11) is 0. The zero-order valence-corrected chi connectivity index (χ0v) is 15.5. The summed E-state index contributed by atoms with van der Waals surface area (Å²) in [6.45, 7) is 2.87. The highest BCUT2D eigenvalue weighted by atomic mass is 19.1. The number of carbonyl (C=O) groups is 1. The molecule has 0 saturated carbocycles. The number of hydrogen-bond acceptors (Lipinski definition) is 5. The first-order chi connectivity index (χ1) is 13.6. The van der Waals surface area contributed by atoms with Crippen LogP contribution in [0.25, 0.3) is 11.4 Å². The molecule has 1 amide bonds. The number of ether oxygens (including phenoxy) is 1. The maximum atomic E-state index is 13.1. The van der Waals surface area contributed by atoms with E-state index in [0.29, 0.717) is 37.7 Å². The van der Waals surface area contributed by atoms with Crippen molar-refractivity contribution in [2.75, 3.05) is 6.61 Å². The fourth-order valence-corrected chi connectivity index (χ4v) is 3.35. The molecule has 28 heavy (non-hydrogen) atoms. The van der Waals surface area contributed by atoms with Crippen LogP contribution in [-0.2, 0) is 11.3 Å². The maximum absolute atomic E-state index is 13.1. The molecule has 4 rings (SSSR count). The number of benzene rings is 2. The third kappa shape index (κ3) is 3.74. The van der Waals surface area contributed by atoms with Crippen molar-refractivity contribution in [3.63, 3.8) is 0 Å². The molecule has 1 unspecified atom stereocenters. The van der Waals surface area contributed by atoms with E-state index in [9.17, 15) is 9.18 Å². The van der Waals surface area contributed by atoms with Gasteiger partial charge in [-0.2, -0.15) is 4.98 Å². The second-order valence-electron chi connectivity index (χ2n) is 6.62. The topological polar surface area (TPSA) is 68.5 Å². The fourth-order valence-electron chi connectivity index (χ4n) is 3.35. The molecule has 0 spiro atoms. The summed E-state index contributed by atoms with van der Waals surface area (Å²) in [5.74, 6) is 1.32. The first-order valence-electron chi connectivity index (χ1n) is 9.25. The molecule has 2 aromatic carbocycles. The number of nitrogens with zero attached hydrogens (tertiary/aromatic N) is 3. The first-order valence-corrected chi connectivity index (χ1v) is 9.25. The first kappa shape index (κ1) is 18.2. The lowest BCUT2D eigenvalue weighted by molar-refractivity contribution is -0.129. The van der Waals surface area contributed by atoms with Gasteiger partial charge in [-0.15, -0.1) is 0 Å². The molecule has 0 radical (unpaired) electrons. The van der Waals surface area contributed by atoms with Crippen molar-refractivity contribution in [3.05, 3.63) is 65.8 Å². The van der Waals surface area contributed by atoms with Crippen LogP contribution in [0.5, 0.6) is 5.75 Å². The number of halogens is 1. The second-order valence-corrected chi connectivity index (χ2v) is 6.62. The van der Waals surface area contributed by atoms with Crippen LogP contribution in [0.3, 0.4) is 0 Å². The van der Waals surface area contributed by atoms with Crippen LogP contribution in [-0.4, -0.2) is 27.6 Å². The van der Waals surface area contributed by atoms with Gasteiger partial charge in [0, 0.05) is 18.5 Å². The number of rotatable bonds is 6. The Kier molecular flexibility index (Phi) is 5.06. The highest BCUT2D eigenvalue weighted by molar-refractivity contribution is 5.78. The molecule has 2 heterocycles. The SMILES string of the molecule is CCOc1cccc(-c2noc(C3CCC(=O)N3Cc3ccc(F)cc3)n2)c1.